The lowest BCUT2D eigenvalue weighted by Crippen LogP contribution is -2.30. The Morgan fingerprint density at radius 2 is 0.812 bits per heavy atom. The number of anilines is 2. The Bertz CT molecular complexity index is 1640. The maximum absolute atomic E-state index is 12.1. The fourth-order valence-electron chi connectivity index (χ4n) is 3.76. The fraction of sp³-hybridized carbons (Fsp3) is 0.214. The molecule has 0 aromatic heterocycles. The topological polar surface area (TPSA) is 355 Å². The summed E-state index contributed by atoms with van der Waals surface area (Å²) in [5, 5.41) is 52.8. The number of ketones is 2. The van der Waals surface area contributed by atoms with Crippen LogP contribution in [0.15, 0.2) is 56.8 Å². The molecule has 18 N–H and O–H groups in total. The van der Waals surface area contributed by atoms with Gasteiger partial charge in [0, 0.05) is 46.5 Å². The van der Waals surface area contributed by atoms with Crippen LogP contribution in [-0.4, -0.2) is 58.5 Å². The Hall–Kier alpha value is -6.86. The fourth-order valence-corrected chi connectivity index (χ4v) is 3.76. The first-order valence-corrected chi connectivity index (χ1v) is 14.0. The van der Waals surface area contributed by atoms with Crippen LogP contribution in [0.25, 0.3) is 0 Å². The van der Waals surface area contributed by atoms with Crippen LogP contribution < -0.4 is 55.3 Å². The van der Waals surface area contributed by atoms with Gasteiger partial charge in [0.15, 0.2) is 11.6 Å². The molecule has 0 amide bonds. The Morgan fingerprint density at radius 1 is 0.521 bits per heavy atom. The van der Waals surface area contributed by atoms with E-state index in [1.54, 1.807) is 44.2 Å². The molecule has 0 fully saturated rings. The summed E-state index contributed by atoms with van der Waals surface area (Å²) in [6.45, 7) is 6.15. The number of nitrogens with one attached hydrogen (secondary N) is 10. The normalized spacial score (nSPS) is 12.0. The summed E-state index contributed by atoms with van der Waals surface area (Å²) in [6.07, 6.45) is 0.263. The van der Waals surface area contributed by atoms with Crippen LogP contribution in [0.5, 0.6) is 0 Å². The molecule has 0 bridgehead atoms. The van der Waals surface area contributed by atoms with Crippen molar-refractivity contribution in [3.63, 3.8) is 0 Å². The van der Waals surface area contributed by atoms with E-state index in [0.29, 0.717) is 45.1 Å². The summed E-state index contributed by atoms with van der Waals surface area (Å²) in [5.74, 6) is -1.52. The highest BCUT2D eigenvalue weighted by Gasteiger charge is 2.13. The van der Waals surface area contributed by atoms with Crippen molar-refractivity contribution in [2.24, 2.45) is 43.3 Å². The van der Waals surface area contributed by atoms with Gasteiger partial charge in [-0.25, -0.2) is 21.7 Å². The summed E-state index contributed by atoms with van der Waals surface area (Å²) in [4.78, 5) is 24.2. The molecule has 0 saturated carbocycles. The number of nitrogens with zero attached hydrogens (tertiary/aromatic N) is 4. The molecular weight excluding hydrogens is 620 g/mol. The Morgan fingerprint density at radius 3 is 1.12 bits per heavy atom. The highest BCUT2D eigenvalue weighted by molar-refractivity contribution is 6.08. The molecule has 2 aromatic carbocycles. The molecule has 0 spiro atoms. The monoisotopic (exact) mass is 660 g/mol. The van der Waals surface area contributed by atoms with Crippen molar-refractivity contribution >= 4 is 69.9 Å². The van der Waals surface area contributed by atoms with Gasteiger partial charge in [0.1, 0.15) is 11.7 Å². The minimum atomic E-state index is -0.432. The number of hydrazone groups is 4. The van der Waals surface area contributed by atoms with Gasteiger partial charge in [-0.15, -0.1) is 0 Å². The van der Waals surface area contributed by atoms with Crippen LogP contribution in [0.1, 0.15) is 72.4 Å². The van der Waals surface area contributed by atoms with E-state index in [4.69, 9.17) is 44.6 Å². The Labute approximate surface area is 276 Å². The summed E-state index contributed by atoms with van der Waals surface area (Å²) < 4.78 is 0. The Balaban J connectivity index is 2.52. The third-order valence-electron chi connectivity index (χ3n) is 6.00. The van der Waals surface area contributed by atoms with Crippen LogP contribution >= 0.6 is 0 Å². The SMILES string of the molecule is CC(=O)c1cc(NC(CCC(=NNC(=N)N)Nc2cc(C(C)=NNC(=N)N)cc(C(C)=NNC(=N)N)c2)=NNC(=N)N)cc(C(C)=O)c1. The van der Waals surface area contributed by atoms with E-state index in [1.807, 2.05) is 0 Å². The summed E-state index contributed by atoms with van der Waals surface area (Å²) in [7, 11) is 0. The van der Waals surface area contributed by atoms with E-state index in [2.05, 4.69) is 52.7 Å². The lowest BCUT2D eigenvalue weighted by atomic mass is 10.0. The summed E-state index contributed by atoms with van der Waals surface area (Å²) >= 11 is 0. The number of amidine groups is 2. The highest BCUT2D eigenvalue weighted by Crippen LogP contribution is 2.20. The molecule has 0 unspecified atom stereocenters. The van der Waals surface area contributed by atoms with Gasteiger partial charge in [-0.1, -0.05) is 0 Å². The average Bonchev–Trinajstić information content (AvgIpc) is 3.01. The largest absolute Gasteiger partial charge is 0.369 e. The standard InChI is InChI=1S/C28H40N18O2/c1-13(39-43-25(29)30)17-7-18(14(2)40-44-26(31)32)10-21(9-17)37-23(41-45-27(33)34)5-6-24(42-46-28(35)36)38-22-11-19(15(3)47)8-20(12-22)16(4)48/h7-12H,5-6H2,1-4H3,(H,37,41)(H,38,42)(H4,29,30,43)(H4,31,32,44)(H4,33,34,45)(H4,35,36,46). The van der Waals surface area contributed by atoms with Crippen molar-refractivity contribution in [2.75, 3.05) is 10.6 Å². The van der Waals surface area contributed by atoms with Crippen molar-refractivity contribution in [3.8, 4) is 0 Å². The van der Waals surface area contributed by atoms with E-state index in [1.165, 1.54) is 19.9 Å². The summed E-state index contributed by atoms with van der Waals surface area (Å²) in [6, 6.07) is 9.86. The second kappa shape index (κ2) is 17.6. The van der Waals surface area contributed by atoms with E-state index in [0.717, 1.165) is 0 Å². The Kier molecular flexibility index (Phi) is 13.7. The van der Waals surface area contributed by atoms with Crippen LogP contribution in [0.2, 0.25) is 0 Å². The number of rotatable bonds is 13. The van der Waals surface area contributed by atoms with E-state index in [-0.39, 0.29) is 48.0 Å². The quantitative estimate of drug-likeness (QED) is 0.0601. The van der Waals surface area contributed by atoms with E-state index >= 15 is 0 Å². The van der Waals surface area contributed by atoms with Crippen molar-refractivity contribution in [1.29, 1.82) is 21.6 Å². The third-order valence-corrected chi connectivity index (χ3v) is 6.00. The van der Waals surface area contributed by atoms with Crippen molar-refractivity contribution in [3.05, 3.63) is 58.7 Å². The molecule has 0 aliphatic heterocycles. The first-order valence-electron chi connectivity index (χ1n) is 14.0. The van der Waals surface area contributed by atoms with Gasteiger partial charge >= 0.3 is 0 Å². The maximum atomic E-state index is 12.1. The molecule has 20 nitrogen and oxygen atoms in total. The molecule has 0 saturated heterocycles. The van der Waals surface area contributed by atoms with Crippen molar-refractivity contribution < 1.29 is 9.59 Å². The predicted octanol–water partition coefficient (Wildman–Crippen LogP) is 0.403. The number of carbonyl (C=O) groups is 2. The molecule has 0 heterocycles. The second-order valence-electron chi connectivity index (χ2n) is 10.1. The lowest BCUT2D eigenvalue weighted by Gasteiger charge is -2.16. The van der Waals surface area contributed by atoms with Gasteiger partial charge in [0.2, 0.25) is 23.8 Å². The lowest BCUT2D eigenvalue weighted by molar-refractivity contribution is 0.101. The van der Waals surface area contributed by atoms with Gasteiger partial charge in [-0.3, -0.25) is 31.2 Å². The smallest absolute Gasteiger partial charge is 0.206 e. The van der Waals surface area contributed by atoms with E-state index < -0.39 is 11.9 Å². The zero-order valence-corrected chi connectivity index (χ0v) is 26.8. The van der Waals surface area contributed by atoms with Gasteiger partial charge in [-0.05, 0) is 64.1 Å². The number of benzene rings is 2. The number of hydrogen-bond acceptors (Lipinski definition) is 10. The number of nitrogens with two attached hydrogens (primary N) is 4. The van der Waals surface area contributed by atoms with E-state index in [9.17, 15) is 9.59 Å². The number of carbonyl (C=O) groups excluding carboxylic acids is 2. The first kappa shape index (κ1) is 37.3. The van der Waals surface area contributed by atoms with Crippen molar-refractivity contribution in [1.82, 2.24) is 21.7 Å². The van der Waals surface area contributed by atoms with Crippen LogP contribution in [0.3, 0.4) is 0 Å². The van der Waals surface area contributed by atoms with Gasteiger partial charge < -0.3 is 33.6 Å². The van der Waals surface area contributed by atoms with Crippen LogP contribution in [-0.2, 0) is 0 Å². The molecule has 20 heteroatoms. The zero-order chi connectivity index (χ0) is 36.0. The molecule has 0 aliphatic rings. The molecule has 48 heavy (non-hydrogen) atoms. The van der Waals surface area contributed by atoms with Crippen molar-refractivity contribution in [2.45, 2.75) is 40.5 Å². The molecule has 2 rings (SSSR count). The van der Waals surface area contributed by atoms with Crippen LogP contribution in [0.4, 0.5) is 11.4 Å². The highest BCUT2D eigenvalue weighted by atomic mass is 16.1. The minimum absolute atomic E-state index is 0.129. The molecule has 254 valence electrons. The first-order chi connectivity index (χ1) is 22.5. The third kappa shape index (κ3) is 13.0. The van der Waals surface area contributed by atoms with Gasteiger partial charge in [0.05, 0.1) is 11.4 Å². The minimum Gasteiger partial charge on any atom is -0.369 e. The second-order valence-corrected chi connectivity index (χ2v) is 10.1. The number of Topliss-reactive ketones (excluding diaryl/α,β-unsaturated/α-hetero) is 2. The molecule has 0 aliphatic carbocycles. The average molecular weight is 661 g/mol. The number of guanidine groups is 4. The summed E-state index contributed by atoms with van der Waals surface area (Å²) in [5.41, 5.74) is 34.9. The molecule has 0 radical (unpaired) electrons. The zero-order valence-electron chi connectivity index (χ0n) is 26.8. The molecule has 2 aromatic rings. The van der Waals surface area contributed by atoms with Gasteiger partial charge in [0.25, 0.3) is 0 Å². The number of hydrogen-bond donors (Lipinski definition) is 14. The molecular formula is C28H40N18O2. The van der Waals surface area contributed by atoms with Gasteiger partial charge in [-0.2, -0.15) is 20.4 Å². The maximum Gasteiger partial charge on any atom is 0.206 e. The molecule has 0 atom stereocenters. The predicted molar refractivity (Wildman–Crippen MR) is 189 cm³/mol. The van der Waals surface area contributed by atoms with Crippen LogP contribution in [0, 0.1) is 21.6 Å².